The molecule has 0 spiro atoms. The van der Waals surface area contributed by atoms with Gasteiger partial charge in [0.05, 0.1) is 13.0 Å². The third-order valence-electron chi connectivity index (χ3n) is 5.84. The molecular weight excluding hydrogens is 342 g/mol. The van der Waals surface area contributed by atoms with Crippen molar-refractivity contribution in [3.63, 3.8) is 0 Å². The van der Waals surface area contributed by atoms with Gasteiger partial charge in [0.2, 0.25) is 11.8 Å². The number of nitrogens with zero attached hydrogens (tertiary/aromatic N) is 1. The molecule has 3 rings (SSSR count). The molecule has 2 aliphatic rings. The summed E-state index contributed by atoms with van der Waals surface area (Å²) in [5, 5.41) is 3.20. The van der Waals surface area contributed by atoms with Crippen LogP contribution in [0.4, 0.5) is 0 Å². The fourth-order valence-electron chi connectivity index (χ4n) is 4.13. The molecule has 2 atom stereocenters. The highest BCUT2D eigenvalue weighted by Gasteiger charge is 2.32. The lowest BCUT2D eigenvalue weighted by Gasteiger charge is -2.32. The maximum atomic E-state index is 12.5. The van der Waals surface area contributed by atoms with Gasteiger partial charge in [0, 0.05) is 25.0 Å². The summed E-state index contributed by atoms with van der Waals surface area (Å²) in [6.45, 7) is 2.31. The second-order valence-corrected chi connectivity index (χ2v) is 7.61. The third-order valence-corrected chi connectivity index (χ3v) is 5.84. The van der Waals surface area contributed by atoms with Crippen molar-refractivity contribution in [2.45, 2.75) is 44.6 Å². The standard InChI is InChI=1S/C21H31N3O3/c22-15-17-5-4-8-19(17)23-21(26)16-9-12-24(13-10-16)20(25)11-14-27-18-6-2-1-3-7-18/h1-3,6-7,16-17,19H,4-5,8-15,22H2,(H,23,26). The Balaban J connectivity index is 1.36. The molecule has 1 aromatic carbocycles. The number of para-hydroxylation sites is 1. The van der Waals surface area contributed by atoms with Gasteiger partial charge in [-0.15, -0.1) is 0 Å². The molecule has 148 valence electrons. The van der Waals surface area contributed by atoms with E-state index in [9.17, 15) is 9.59 Å². The molecule has 0 radical (unpaired) electrons. The number of nitrogens with one attached hydrogen (secondary N) is 1. The van der Waals surface area contributed by atoms with Gasteiger partial charge in [-0.1, -0.05) is 24.6 Å². The number of carbonyl (C=O) groups excluding carboxylic acids is 2. The first-order valence-corrected chi connectivity index (χ1v) is 10.1. The molecule has 0 aromatic heterocycles. The van der Waals surface area contributed by atoms with Gasteiger partial charge < -0.3 is 20.7 Å². The molecule has 27 heavy (non-hydrogen) atoms. The Morgan fingerprint density at radius 1 is 1.11 bits per heavy atom. The fraction of sp³-hybridized carbons (Fsp3) is 0.619. The molecule has 1 saturated carbocycles. The second-order valence-electron chi connectivity index (χ2n) is 7.61. The minimum atomic E-state index is 0.00800. The molecular formula is C21H31N3O3. The van der Waals surface area contributed by atoms with Crippen LogP contribution in [0.1, 0.15) is 38.5 Å². The normalized spacial score (nSPS) is 23.2. The van der Waals surface area contributed by atoms with Crippen molar-refractivity contribution in [3.8, 4) is 5.75 Å². The predicted octanol–water partition coefficient (Wildman–Crippen LogP) is 1.94. The first-order chi connectivity index (χ1) is 13.2. The van der Waals surface area contributed by atoms with E-state index in [4.69, 9.17) is 10.5 Å². The van der Waals surface area contributed by atoms with Crippen molar-refractivity contribution >= 4 is 11.8 Å². The molecule has 1 aliphatic heterocycles. The molecule has 2 fully saturated rings. The van der Waals surface area contributed by atoms with Gasteiger partial charge in [0.15, 0.2) is 0 Å². The summed E-state index contributed by atoms with van der Waals surface area (Å²) >= 11 is 0. The van der Waals surface area contributed by atoms with Gasteiger partial charge in [-0.25, -0.2) is 0 Å². The number of piperidine rings is 1. The van der Waals surface area contributed by atoms with Crippen LogP contribution < -0.4 is 15.8 Å². The van der Waals surface area contributed by atoms with E-state index in [0.29, 0.717) is 38.6 Å². The number of rotatable bonds is 7. The molecule has 1 saturated heterocycles. The van der Waals surface area contributed by atoms with E-state index in [-0.39, 0.29) is 23.8 Å². The van der Waals surface area contributed by atoms with E-state index in [0.717, 1.165) is 37.9 Å². The Hall–Kier alpha value is -2.08. The molecule has 1 aliphatic carbocycles. The van der Waals surface area contributed by atoms with Crippen LogP contribution in [0.3, 0.4) is 0 Å². The quantitative estimate of drug-likeness (QED) is 0.765. The van der Waals surface area contributed by atoms with E-state index in [1.54, 1.807) is 0 Å². The highest BCUT2D eigenvalue weighted by Crippen LogP contribution is 2.26. The smallest absolute Gasteiger partial charge is 0.225 e. The summed E-state index contributed by atoms with van der Waals surface area (Å²) in [7, 11) is 0. The topological polar surface area (TPSA) is 84.7 Å². The Labute approximate surface area is 161 Å². The van der Waals surface area contributed by atoms with Crippen molar-refractivity contribution in [1.82, 2.24) is 10.2 Å². The number of likely N-dealkylation sites (tertiary alicyclic amines) is 1. The van der Waals surface area contributed by atoms with Crippen molar-refractivity contribution < 1.29 is 14.3 Å². The number of nitrogens with two attached hydrogens (primary N) is 1. The lowest BCUT2D eigenvalue weighted by Crippen LogP contribution is -2.47. The highest BCUT2D eigenvalue weighted by molar-refractivity contribution is 5.80. The van der Waals surface area contributed by atoms with Crippen LogP contribution in [-0.2, 0) is 9.59 Å². The van der Waals surface area contributed by atoms with Gasteiger partial charge in [-0.3, -0.25) is 9.59 Å². The van der Waals surface area contributed by atoms with Crippen LogP contribution in [0.15, 0.2) is 30.3 Å². The van der Waals surface area contributed by atoms with E-state index < -0.39 is 0 Å². The Morgan fingerprint density at radius 3 is 2.56 bits per heavy atom. The molecule has 2 unspecified atom stereocenters. The summed E-state index contributed by atoms with van der Waals surface area (Å²) in [4.78, 5) is 26.8. The lowest BCUT2D eigenvalue weighted by molar-refractivity contribution is -0.136. The van der Waals surface area contributed by atoms with Crippen LogP contribution in [-0.4, -0.2) is 49.0 Å². The minimum Gasteiger partial charge on any atom is -0.493 e. The Bertz CT molecular complexity index is 614. The maximum Gasteiger partial charge on any atom is 0.225 e. The maximum absolute atomic E-state index is 12.5. The predicted molar refractivity (Wildman–Crippen MR) is 104 cm³/mol. The summed E-state index contributed by atoms with van der Waals surface area (Å²) in [5.74, 6) is 1.45. The van der Waals surface area contributed by atoms with Crippen molar-refractivity contribution in [2.24, 2.45) is 17.6 Å². The summed E-state index contributed by atoms with van der Waals surface area (Å²) in [6.07, 6.45) is 5.12. The SMILES string of the molecule is NCC1CCCC1NC(=O)C1CCN(C(=O)CCOc2ccccc2)CC1. The zero-order valence-corrected chi connectivity index (χ0v) is 15.9. The molecule has 1 heterocycles. The van der Waals surface area contributed by atoms with Gasteiger partial charge in [0.25, 0.3) is 0 Å². The molecule has 0 bridgehead atoms. The zero-order valence-electron chi connectivity index (χ0n) is 15.9. The number of hydrogen-bond donors (Lipinski definition) is 2. The van der Waals surface area contributed by atoms with E-state index >= 15 is 0 Å². The Morgan fingerprint density at radius 2 is 1.85 bits per heavy atom. The zero-order chi connectivity index (χ0) is 19.1. The molecule has 2 amide bonds. The molecule has 6 nitrogen and oxygen atoms in total. The lowest BCUT2D eigenvalue weighted by atomic mass is 9.94. The third kappa shape index (κ3) is 5.45. The minimum absolute atomic E-state index is 0.00800. The van der Waals surface area contributed by atoms with Crippen molar-refractivity contribution in [1.29, 1.82) is 0 Å². The summed E-state index contributed by atoms with van der Waals surface area (Å²) in [6, 6.07) is 9.75. The van der Waals surface area contributed by atoms with Crippen LogP contribution in [0, 0.1) is 11.8 Å². The molecule has 3 N–H and O–H groups in total. The monoisotopic (exact) mass is 373 g/mol. The van der Waals surface area contributed by atoms with E-state index in [1.807, 2.05) is 35.2 Å². The van der Waals surface area contributed by atoms with Crippen LogP contribution in [0.5, 0.6) is 5.75 Å². The number of amides is 2. The van der Waals surface area contributed by atoms with Crippen LogP contribution >= 0.6 is 0 Å². The van der Waals surface area contributed by atoms with E-state index in [1.165, 1.54) is 0 Å². The number of hydrogen-bond acceptors (Lipinski definition) is 4. The highest BCUT2D eigenvalue weighted by atomic mass is 16.5. The van der Waals surface area contributed by atoms with Crippen LogP contribution in [0.25, 0.3) is 0 Å². The van der Waals surface area contributed by atoms with Crippen molar-refractivity contribution in [3.05, 3.63) is 30.3 Å². The van der Waals surface area contributed by atoms with Gasteiger partial charge >= 0.3 is 0 Å². The molecule has 6 heteroatoms. The van der Waals surface area contributed by atoms with Crippen molar-refractivity contribution in [2.75, 3.05) is 26.2 Å². The number of benzene rings is 1. The van der Waals surface area contributed by atoms with Crippen LogP contribution in [0.2, 0.25) is 0 Å². The first kappa shape index (κ1) is 19.7. The van der Waals surface area contributed by atoms with Gasteiger partial charge in [-0.2, -0.15) is 0 Å². The van der Waals surface area contributed by atoms with Gasteiger partial charge in [-0.05, 0) is 50.3 Å². The number of carbonyl (C=O) groups is 2. The molecule has 1 aromatic rings. The largest absolute Gasteiger partial charge is 0.493 e. The number of ether oxygens (including phenoxy) is 1. The van der Waals surface area contributed by atoms with E-state index in [2.05, 4.69) is 5.32 Å². The summed E-state index contributed by atoms with van der Waals surface area (Å²) in [5.41, 5.74) is 5.80. The first-order valence-electron chi connectivity index (χ1n) is 10.1. The summed E-state index contributed by atoms with van der Waals surface area (Å²) < 4.78 is 5.60. The Kier molecular flexibility index (Phi) is 7.10. The second kappa shape index (κ2) is 9.74. The fourth-order valence-corrected chi connectivity index (χ4v) is 4.13. The average molecular weight is 373 g/mol. The van der Waals surface area contributed by atoms with Gasteiger partial charge in [0.1, 0.15) is 5.75 Å². The average Bonchev–Trinajstić information content (AvgIpc) is 3.16.